The summed E-state index contributed by atoms with van der Waals surface area (Å²) in [5, 5.41) is 17.8. The van der Waals surface area contributed by atoms with Crippen LogP contribution in [-0.2, 0) is 19.6 Å². The first-order chi connectivity index (χ1) is 17.7. The Morgan fingerprint density at radius 3 is 2.49 bits per heavy atom. The molecule has 2 aromatic rings. The van der Waals surface area contributed by atoms with Gasteiger partial charge in [0.15, 0.2) is 0 Å². The normalized spacial score (nSPS) is 16.6. The van der Waals surface area contributed by atoms with Crippen molar-refractivity contribution >= 4 is 32.6 Å². The first-order valence-electron chi connectivity index (χ1n) is 12.5. The largest absolute Gasteiger partial charge is 0.393 e. The minimum absolute atomic E-state index is 0.0241. The van der Waals surface area contributed by atoms with E-state index in [2.05, 4.69) is 69.5 Å². The maximum atomic E-state index is 12.3. The zero-order valence-electron chi connectivity index (χ0n) is 21.2. The van der Waals surface area contributed by atoms with Crippen molar-refractivity contribution in [3.05, 3.63) is 48.0 Å². The number of fused-ring (bicyclic) bond motifs is 1. The number of nitrogens with one attached hydrogen (secondary N) is 3. The Kier molecular flexibility index (Phi) is 10.5. The van der Waals surface area contributed by atoms with Gasteiger partial charge in [0.1, 0.15) is 0 Å². The van der Waals surface area contributed by atoms with Gasteiger partial charge < -0.3 is 15.7 Å². The van der Waals surface area contributed by atoms with Crippen LogP contribution in [0.5, 0.6) is 0 Å². The number of piperidine rings is 1. The average Bonchev–Trinajstić information content (AvgIpc) is 2.92. The van der Waals surface area contributed by atoms with Crippen molar-refractivity contribution in [2.24, 2.45) is 5.92 Å². The van der Waals surface area contributed by atoms with Crippen molar-refractivity contribution in [3.8, 4) is 12.3 Å². The molecule has 1 saturated heterocycles. The van der Waals surface area contributed by atoms with Crippen LogP contribution in [0.25, 0.3) is 10.8 Å². The molecule has 2 aromatic carbocycles. The molecule has 1 heterocycles. The summed E-state index contributed by atoms with van der Waals surface area (Å²) >= 11 is 0. The summed E-state index contributed by atoms with van der Waals surface area (Å²) in [7, 11) is -3.75. The van der Waals surface area contributed by atoms with E-state index in [9.17, 15) is 23.1 Å². The summed E-state index contributed by atoms with van der Waals surface area (Å²) in [6.07, 6.45) is 5.96. The molecule has 0 spiro atoms. The van der Waals surface area contributed by atoms with E-state index in [0.29, 0.717) is 0 Å². The minimum Gasteiger partial charge on any atom is -0.393 e. The lowest BCUT2D eigenvalue weighted by molar-refractivity contribution is -0.125. The van der Waals surface area contributed by atoms with Crippen molar-refractivity contribution in [2.75, 3.05) is 38.5 Å². The molecule has 1 fully saturated rings. The van der Waals surface area contributed by atoms with Crippen LogP contribution in [-0.4, -0.2) is 74.8 Å². The summed E-state index contributed by atoms with van der Waals surface area (Å²) in [5.74, 6) is 0.886. The standard InChI is InChI=1S/C27H36N4O5S/c1-3-14-28-26(33)18-29-27(34)19-30-37(35,36)17-13-25(32)22-11-15-31(16-12-22)20(2)23-10-6-8-21-7-4-5-9-24(21)23/h1,4-10,20,22,25,30,32H,11-19H2,2H3,(H,28,33)(H,29,34)/t20-,25-/m1/s1. The molecule has 0 radical (unpaired) electrons. The van der Waals surface area contributed by atoms with Gasteiger partial charge in [-0.25, -0.2) is 13.1 Å². The molecule has 0 unspecified atom stereocenters. The van der Waals surface area contributed by atoms with E-state index >= 15 is 0 Å². The molecular formula is C27H36N4O5S. The molecule has 0 bridgehead atoms. The van der Waals surface area contributed by atoms with Gasteiger partial charge >= 0.3 is 0 Å². The maximum absolute atomic E-state index is 12.3. The molecule has 0 aliphatic carbocycles. The molecule has 37 heavy (non-hydrogen) atoms. The van der Waals surface area contributed by atoms with Gasteiger partial charge in [-0.2, -0.15) is 0 Å². The van der Waals surface area contributed by atoms with Crippen LogP contribution in [0.15, 0.2) is 42.5 Å². The van der Waals surface area contributed by atoms with E-state index in [1.54, 1.807) is 0 Å². The van der Waals surface area contributed by atoms with Crippen LogP contribution in [0.2, 0.25) is 0 Å². The Morgan fingerprint density at radius 1 is 1.08 bits per heavy atom. The summed E-state index contributed by atoms with van der Waals surface area (Å²) in [6, 6.07) is 15.0. The topological polar surface area (TPSA) is 128 Å². The van der Waals surface area contributed by atoms with Crippen LogP contribution in [0.4, 0.5) is 0 Å². The van der Waals surface area contributed by atoms with Gasteiger partial charge in [-0.1, -0.05) is 48.4 Å². The first-order valence-corrected chi connectivity index (χ1v) is 14.2. The van der Waals surface area contributed by atoms with Gasteiger partial charge in [0.25, 0.3) is 0 Å². The molecule has 200 valence electrons. The molecule has 0 saturated carbocycles. The molecule has 1 aliphatic rings. The van der Waals surface area contributed by atoms with Gasteiger partial charge in [0.05, 0.1) is 31.5 Å². The highest BCUT2D eigenvalue weighted by atomic mass is 32.2. The number of rotatable bonds is 12. The Labute approximate surface area is 219 Å². The molecule has 2 atom stereocenters. The molecule has 1 aliphatic heterocycles. The third kappa shape index (κ3) is 8.54. The van der Waals surface area contributed by atoms with E-state index in [1.807, 2.05) is 6.07 Å². The fourth-order valence-electron chi connectivity index (χ4n) is 4.72. The second-order valence-electron chi connectivity index (χ2n) is 9.37. The Bertz CT molecular complexity index is 1210. The number of likely N-dealkylation sites (tertiary alicyclic amines) is 1. The summed E-state index contributed by atoms with van der Waals surface area (Å²) in [4.78, 5) is 25.6. The summed E-state index contributed by atoms with van der Waals surface area (Å²) in [5.41, 5.74) is 1.28. The fraction of sp³-hybridized carbons (Fsp3) is 0.481. The monoisotopic (exact) mass is 528 g/mol. The number of carbonyl (C=O) groups excluding carboxylic acids is 2. The van der Waals surface area contributed by atoms with Crippen LogP contribution in [0.3, 0.4) is 0 Å². The third-order valence-corrected chi connectivity index (χ3v) is 8.27. The van der Waals surface area contributed by atoms with E-state index < -0.39 is 34.5 Å². The highest BCUT2D eigenvalue weighted by Crippen LogP contribution is 2.32. The predicted octanol–water partition coefficient (Wildman–Crippen LogP) is 1.15. The van der Waals surface area contributed by atoms with Crippen LogP contribution >= 0.6 is 0 Å². The summed E-state index contributed by atoms with van der Waals surface area (Å²) in [6.45, 7) is 3.13. The van der Waals surface area contributed by atoms with Crippen LogP contribution in [0.1, 0.15) is 37.8 Å². The smallest absolute Gasteiger partial charge is 0.240 e. The second kappa shape index (κ2) is 13.5. The number of terminal acetylenes is 1. The number of sulfonamides is 1. The maximum Gasteiger partial charge on any atom is 0.240 e. The molecule has 2 amide bonds. The highest BCUT2D eigenvalue weighted by Gasteiger charge is 2.29. The Balaban J connectivity index is 1.40. The van der Waals surface area contributed by atoms with Gasteiger partial charge in [-0.05, 0) is 61.5 Å². The second-order valence-corrected chi connectivity index (χ2v) is 11.3. The lowest BCUT2D eigenvalue weighted by atomic mass is 9.88. The van der Waals surface area contributed by atoms with Gasteiger partial charge in [-0.15, -0.1) is 6.42 Å². The van der Waals surface area contributed by atoms with Gasteiger partial charge in [0, 0.05) is 6.04 Å². The lowest BCUT2D eigenvalue weighted by Gasteiger charge is -2.38. The van der Waals surface area contributed by atoms with Crippen molar-refractivity contribution in [1.82, 2.24) is 20.3 Å². The van der Waals surface area contributed by atoms with Crippen LogP contribution in [0, 0.1) is 18.3 Å². The van der Waals surface area contributed by atoms with Crippen molar-refractivity contribution in [3.63, 3.8) is 0 Å². The van der Waals surface area contributed by atoms with E-state index in [-0.39, 0.29) is 37.2 Å². The molecule has 4 N–H and O–H groups in total. The third-order valence-electron chi connectivity index (χ3n) is 6.91. The number of amides is 2. The number of aliphatic hydroxyl groups excluding tert-OH is 1. The average molecular weight is 529 g/mol. The highest BCUT2D eigenvalue weighted by molar-refractivity contribution is 7.89. The SMILES string of the molecule is C#CCNC(=O)CNC(=O)CNS(=O)(=O)CC[C@@H](O)C1CCN([C@H](C)c2cccc3ccccc23)CC1. The molecule has 9 nitrogen and oxygen atoms in total. The number of hydrogen-bond donors (Lipinski definition) is 4. The summed E-state index contributed by atoms with van der Waals surface area (Å²) < 4.78 is 26.8. The first kappa shape index (κ1) is 28.6. The number of aliphatic hydroxyl groups is 1. The molecular weight excluding hydrogens is 492 g/mol. The van der Waals surface area contributed by atoms with Crippen molar-refractivity contribution in [1.29, 1.82) is 0 Å². The van der Waals surface area contributed by atoms with Crippen molar-refractivity contribution in [2.45, 2.75) is 38.3 Å². The van der Waals surface area contributed by atoms with Crippen molar-refractivity contribution < 1.29 is 23.1 Å². The zero-order valence-corrected chi connectivity index (χ0v) is 22.0. The molecule has 3 rings (SSSR count). The van der Waals surface area contributed by atoms with Gasteiger partial charge in [0.2, 0.25) is 21.8 Å². The Hall–Kier alpha value is -2.97. The molecule has 0 aromatic heterocycles. The van der Waals surface area contributed by atoms with Crippen LogP contribution < -0.4 is 15.4 Å². The number of carbonyl (C=O) groups is 2. The van der Waals surface area contributed by atoms with Gasteiger partial charge in [-0.3, -0.25) is 14.5 Å². The quantitative estimate of drug-likeness (QED) is 0.306. The molecule has 10 heteroatoms. The minimum atomic E-state index is -3.75. The fourth-order valence-corrected chi connectivity index (χ4v) is 5.76. The van der Waals surface area contributed by atoms with E-state index in [1.165, 1.54) is 16.3 Å². The zero-order chi connectivity index (χ0) is 26.8. The number of benzene rings is 2. The number of hydrogen-bond acceptors (Lipinski definition) is 6. The number of nitrogens with zero attached hydrogens (tertiary/aromatic N) is 1. The van der Waals surface area contributed by atoms with E-state index in [0.717, 1.165) is 25.9 Å². The lowest BCUT2D eigenvalue weighted by Crippen LogP contribution is -2.43. The predicted molar refractivity (Wildman–Crippen MR) is 144 cm³/mol. The Morgan fingerprint density at radius 2 is 1.76 bits per heavy atom. The van der Waals surface area contributed by atoms with E-state index in [4.69, 9.17) is 6.42 Å².